The van der Waals surface area contributed by atoms with Crippen molar-refractivity contribution in [3.8, 4) is 0 Å². The van der Waals surface area contributed by atoms with Gasteiger partial charge in [-0.1, -0.05) is 29.3 Å². The van der Waals surface area contributed by atoms with Gasteiger partial charge >= 0.3 is 0 Å². The molecule has 24 heavy (non-hydrogen) atoms. The molecular formula is C14H11Cl2FN6O. The van der Waals surface area contributed by atoms with Crippen LogP contribution in [0.5, 0.6) is 0 Å². The Kier molecular flexibility index (Phi) is 4.50. The highest BCUT2D eigenvalue weighted by Crippen LogP contribution is 2.20. The lowest BCUT2D eigenvalue weighted by atomic mass is 10.2. The first-order valence-corrected chi connectivity index (χ1v) is 7.52. The maximum atomic E-state index is 13.8. The minimum absolute atomic E-state index is 0.0599. The second-order valence-electron chi connectivity index (χ2n) is 4.88. The van der Waals surface area contributed by atoms with Gasteiger partial charge in [-0.15, -0.1) is 5.10 Å². The van der Waals surface area contributed by atoms with E-state index in [1.807, 2.05) is 0 Å². The molecule has 2 heterocycles. The third kappa shape index (κ3) is 3.24. The number of benzene rings is 1. The Morgan fingerprint density at radius 2 is 2.12 bits per heavy atom. The Morgan fingerprint density at radius 1 is 1.33 bits per heavy atom. The Balaban J connectivity index is 1.76. The Hall–Kier alpha value is -2.45. The molecular weight excluding hydrogens is 358 g/mol. The number of aromatic nitrogens is 5. The van der Waals surface area contributed by atoms with E-state index in [9.17, 15) is 9.18 Å². The standard InChI is InChI=1S/C14H11Cl2FN6O/c1-22-12(10(16)5-19-22)13(24)20-14-18-7-23(21-14)6-8-9(15)3-2-4-11(8)17/h2-5,7H,6H2,1H3,(H,20,21,24). The smallest absolute Gasteiger partial charge is 0.277 e. The van der Waals surface area contributed by atoms with Gasteiger partial charge in [-0.05, 0) is 12.1 Å². The molecule has 10 heteroatoms. The van der Waals surface area contributed by atoms with E-state index in [2.05, 4.69) is 20.5 Å². The van der Waals surface area contributed by atoms with E-state index in [0.717, 1.165) is 0 Å². The van der Waals surface area contributed by atoms with Crippen LogP contribution in [-0.4, -0.2) is 30.5 Å². The molecule has 3 rings (SSSR count). The molecule has 0 fully saturated rings. The minimum Gasteiger partial charge on any atom is -0.288 e. The number of hydrogen-bond donors (Lipinski definition) is 1. The third-order valence-electron chi connectivity index (χ3n) is 3.25. The second-order valence-corrected chi connectivity index (χ2v) is 5.70. The number of carbonyl (C=O) groups is 1. The lowest BCUT2D eigenvalue weighted by molar-refractivity contribution is 0.101. The number of halogens is 3. The van der Waals surface area contributed by atoms with Crippen molar-refractivity contribution in [1.82, 2.24) is 24.5 Å². The van der Waals surface area contributed by atoms with Crippen molar-refractivity contribution in [2.75, 3.05) is 5.32 Å². The molecule has 0 saturated heterocycles. The highest BCUT2D eigenvalue weighted by Gasteiger charge is 2.17. The quantitative estimate of drug-likeness (QED) is 0.767. The highest BCUT2D eigenvalue weighted by atomic mass is 35.5. The summed E-state index contributed by atoms with van der Waals surface area (Å²) < 4.78 is 16.5. The highest BCUT2D eigenvalue weighted by molar-refractivity contribution is 6.34. The van der Waals surface area contributed by atoms with Gasteiger partial charge in [-0.3, -0.25) is 14.8 Å². The van der Waals surface area contributed by atoms with Crippen molar-refractivity contribution in [3.05, 3.63) is 57.8 Å². The molecule has 1 amide bonds. The maximum Gasteiger partial charge on any atom is 0.277 e. The van der Waals surface area contributed by atoms with E-state index in [0.29, 0.717) is 0 Å². The molecule has 1 N–H and O–H groups in total. The summed E-state index contributed by atoms with van der Waals surface area (Å²) in [6.07, 6.45) is 2.73. The largest absolute Gasteiger partial charge is 0.288 e. The van der Waals surface area contributed by atoms with Crippen LogP contribution in [0, 0.1) is 5.82 Å². The number of carbonyl (C=O) groups excluding carboxylic acids is 1. The van der Waals surface area contributed by atoms with Gasteiger partial charge in [0.1, 0.15) is 17.8 Å². The molecule has 0 aliphatic rings. The summed E-state index contributed by atoms with van der Waals surface area (Å²) in [5.41, 5.74) is 0.474. The zero-order valence-corrected chi connectivity index (χ0v) is 13.9. The summed E-state index contributed by atoms with van der Waals surface area (Å²) in [7, 11) is 1.59. The first-order chi connectivity index (χ1) is 11.5. The summed E-state index contributed by atoms with van der Waals surface area (Å²) in [4.78, 5) is 16.1. The number of aryl methyl sites for hydroxylation is 1. The fraction of sp³-hybridized carbons (Fsp3) is 0.143. The molecule has 124 valence electrons. The average molecular weight is 369 g/mol. The molecule has 0 unspecified atom stereocenters. The van der Waals surface area contributed by atoms with Crippen molar-refractivity contribution in [2.24, 2.45) is 7.05 Å². The van der Waals surface area contributed by atoms with Crippen LogP contribution in [0.2, 0.25) is 10.0 Å². The van der Waals surface area contributed by atoms with Gasteiger partial charge < -0.3 is 0 Å². The number of rotatable bonds is 4. The normalized spacial score (nSPS) is 10.8. The van der Waals surface area contributed by atoms with E-state index in [4.69, 9.17) is 23.2 Å². The van der Waals surface area contributed by atoms with Gasteiger partial charge in [0, 0.05) is 17.6 Å². The molecule has 7 nitrogen and oxygen atoms in total. The number of amides is 1. The molecule has 0 spiro atoms. The predicted octanol–water partition coefficient (Wildman–Crippen LogP) is 2.76. The van der Waals surface area contributed by atoms with Gasteiger partial charge in [0.05, 0.1) is 17.8 Å². The fourth-order valence-electron chi connectivity index (χ4n) is 2.10. The van der Waals surface area contributed by atoms with Crippen molar-refractivity contribution in [3.63, 3.8) is 0 Å². The van der Waals surface area contributed by atoms with Crippen molar-refractivity contribution < 1.29 is 9.18 Å². The van der Waals surface area contributed by atoms with E-state index >= 15 is 0 Å². The van der Waals surface area contributed by atoms with Gasteiger partial charge in [0.25, 0.3) is 5.91 Å². The van der Waals surface area contributed by atoms with Gasteiger partial charge in [-0.2, -0.15) is 5.10 Å². The zero-order chi connectivity index (χ0) is 17.3. The summed E-state index contributed by atoms with van der Waals surface area (Å²) in [6, 6.07) is 4.42. The van der Waals surface area contributed by atoms with Gasteiger partial charge in [0.15, 0.2) is 0 Å². The fourth-order valence-corrected chi connectivity index (χ4v) is 2.57. The summed E-state index contributed by atoms with van der Waals surface area (Å²) in [5.74, 6) is -0.878. The lowest BCUT2D eigenvalue weighted by Crippen LogP contribution is -2.17. The van der Waals surface area contributed by atoms with Crippen LogP contribution >= 0.6 is 23.2 Å². The van der Waals surface area contributed by atoms with Crippen LogP contribution in [0.4, 0.5) is 10.3 Å². The van der Waals surface area contributed by atoms with Gasteiger partial charge in [-0.25, -0.2) is 14.1 Å². The zero-order valence-electron chi connectivity index (χ0n) is 12.4. The molecule has 0 saturated carbocycles. The monoisotopic (exact) mass is 368 g/mol. The van der Waals surface area contributed by atoms with Crippen LogP contribution in [0.15, 0.2) is 30.7 Å². The first-order valence-electron chi connectivity index (χ1n) is 6.77. The number of nitrogens with one attached hydrogen (secondary N) is 1. The number of hydrogen-bond acceptors (Lipinski definition) is 4. The van der Waals surface area contributed by atoms with Crippen molar-refractivity contribution in [2.45, 2.75) is 6.54 Å². The van der Waals surface area contributed by atoms with Crippen molar-refractivity contribution >= 4 is 35.1 Å². The van der Waals surface area contributed by atoms with Crippen LogP contribution < -0.4 is 5.32 Å². The molecule has 0 bridgehead atoms. The molecule has 3 aromatic rings. The Morgan fingerprint density at radius 3 is 2.79 bits per heavy atom. The Bertz CT molecular complexity index is 867. The van der Waals surface area contributed by atoms with E-state index < -0.39 is 11.7 Å². The van der Waals surface area contributed by atoms with Crippen LogP contribution in [0.3, 0.4) is 0 Å². The lowest BCUT2D eigenvalue weighted by Gasteiger charge is -2.05. The molecule has 0 aliphatic heterocycles. The third-order valence-corrected chi connectivity index (χ3v) is 3.88. The molecule has 0 atom stereocenters. The minimum atomic E-state index is -0.498. The van der Waals surface area contributed by atoms with Crippen molar-refractivity contribution in [1.29, 1.82) is 0 Å². The van der Waals surface area contributed by atoms with Crippen LogP contribution in [0.25, 0.3) is 0 Å². The SMILES string of the molecule is Cn1ncc(Cl)c1C(=O)Nc1ncn(Cc2c(F)cccc2Cl)n1. The summed E-state index contributed by atoms with van der Waals surface area (Å²) in [5, 5.41) is 11.0. The summed E-state index contributed by atoms with van der Waals surface area (Å²) >= 11 is 11.9. The second kappa shape index (κ2) is 6.58. The number of nitrogens with zero attached hydrogens (tertiary/aromatic N) is 5. The predicted molar refractivity (Wildman–Crippen MR) is 86.7 cm³/mol. The summed E-state index contributed by atoms with van der Waals surface area (Å²) in [6.45, 7) is 0.0842. The van der Waals surface area contributed by atoms with Crippen LogP contribution in [-0.2, 0) is 13.6 Å². The molecule has 0 radical (unpaired) electrons. The Labute approximate surface area is 146 Å². The average Bonchev–Trinajstić information content (AvgIpc) is 3.10. The maximum absolute atomic E-state index is 13.8. The number of anilines is 1. The molecule has 2 aromatic heterocycles. The van der Waals surface area contributed by atoms with E-state index in [-0.39, 0.29) is 33.8 Å². The molecule has 1 aromatic carbocycles. The van der Waals surface area contributed by atoms with E-state index in [1.54, 1.807) is 13.1 Å². The first kappa shape index (κ1) is 16.4. The van der Waals surface area contributed by atoms with Gasteiger partial charge in [0.2, 0.25) is 5.95 Å². The molecule has 0 aliphatic carbocycles. The van der Waals surface area contributed by atoms with Crippen LogP contribution in [0.1, 0.15) is 16.1 Å². The van der Waals surface area contributed by atoms with E-state index in [1.165, 1.54) is 34.0 Å². The topological polar surface area (TPSA) is 77.6 Å².